The second-order valence-electron chi connectivity index (χ2n) is 8.21. The van der Waals surface area contributed by atoms with Crippen LogP contribution in [0.4, 0.5) is 11.4 Å². The highest BCUT2D eigenvalue weighted by Gasteiger charge is 2.22. The summed E-state index contributed by atoms with van der Waals surface area (Å²) in [6, 6.07) is 22.2. The first-order valence-electron chi connectivity index (χ1n) is 11.3. The standard InChI is InChI=1S/C27H29N3O3/c1-19(20-8-4-3-5-9-20)28-27(32)24-18-22(12-15-25(24)30-16-6-7-17-30)29-26(31)21-10-13-23(33-2)14-11-21/h3-5,8-15,18-19H,6-7,16-17H2,1-2H3,(H,28,32)(H,29,31). The summed E-state index contributed by atoms with van der Waals surface area (Å²) in [6.07, 6.45) is 2.22. The van der Waals surface area contributed by atoms with Crippen LogP contribution in [0.25, 0.3) is 0 Å². The molecule has 1 fully saturated rings. The molecule has 0 saturated carbocycles. The third-order valence-corrected chi connectivity index (χ3v) is 5.95. The van der Waals surface area contributed by atoms with Gasteiger partial charge in [-0.3, -0.25) is 9.59 Å². The number of amides is 2. The molecule has 4 rings (SSSR count). The third-order valence-electron chi connectivity index (χ3n) is 5.95. The minimum absolute atomic E-state index is 0.136. The highest BCUT2D eigenvalue weighted by atomic mass is 16.5. The molecule has 6 heteroatoms. The van der Waals surface area contributed by atoms with Crippen molar-refractivity contribution in [2.45, 2.75) is 25.8 Å². The van der Waals surface area contributed by atoms with Crippen molar-refractivity contribution >= 4 is 23.2 Å². The first-order chi connectivity index (χ1) is 16.0. The fourth-order valence-electron chi connectivity index (χ4n) is 4.07. The van der Waals surface area contributed by atoms with Crippen LogP contribution in [0.3, 0.4) is 0 Å². The lowest BCUT2D eigenvalue weighted by Crippen LogP contribution is -2.29. The van der Waals surface area contributed by atoms with Gasteiger partial charge in [0, 0.05) is 30.0 Å². The van der Waals surface area contributed by atoms with Gasteiger partial charge in [0.15, 0.2) is 0 Å². The van der Waals surface area contributed by atoms with Gasteiger partial charge in [-0.15, -0.1) is 0 Å². The van der Waals surface area contributed by atoms with Gasteiger partial charge in [0.2, 0.25) is 0 Å². The van der Waals surface area contributed by atoms with E-state index in [-0.39, 0.29) is 17.9 Å². The Bertz CT molecular complexity index is 1110. The van der Waals surface area contributed by atoms with Crippen LogP contribution in [-0.2, 0) is 0 Å². The number of nitrogens with one attached hydrogen (secondary N) is 2. The maximum Gasteiger partial charge on any atom is 0.255 e. The Labute approximate surface area is 194 Å². The van der Waals surface area contributed by atoms with E-state index in [1.165, 1.54) is 0 Å². The van der Waals surface area contributed by atoms with Crippen molar-refractivity contribution in [3.8, 4) is 5.75 Å². The zero-order valence-electron chi connectivity index (χ0n) is 19.0. The number of hydrogen-bond donors (Lipinski definition) is 2. The van der Waals surface area contributed by atoms with Crippen molar-refractivity contribution in [1.82, 2.24) is 5.32 Å². The Morgan fingerprint density at radius 1 is 0.909 bits per heavy atom. The van der Waals surface area contributed by atoms with Crippen LogP contribution < -0.4 is 20.3 Å². The van der Waals surface area contributed by atoms with Crippen LogP contribution in [0.1, 0.15) is 52.1 Å². The van der Waals surface area contributed by atoms with E-state index in [1.807, 2.05) is 49.4 Å². The zero-order chi connectivity index (χ0) is 23.2. The van der Waals surface area contributed by atoms with Crippen molar-refractivity contribution in [2.75, 3.05) is 30.4 Å². The lowest BCUT2D eigenvalue weighted by molar-refractivity contribution is 0.0939. The Morgan fingerprint density at radius 3 is 2.27 bits per heavy atom. The number of carbonyl (C=O) groups excluding carboxylic acids is 2. The van der Waals surface area contributed by atoms with E-state index in [4.69, 9.17) is 4.74 Å². The SMILES string of the molecule is COc1ccc(C(=O)Nc2ccc(N3CCCC3)c(C(=O)NC(C)c3ccccc3)c2)cc1. The molecule has 2 N–H and O–H groups in total. The monoisotopic (exact) mass is 443 g/mol. The molecule has 0 bridgehead atoms. The molecule has 3 aromatic rings. The molecule has 0 radical (unpaired) electrons. The van der Waals surface area contributed by atoms with Gasteiger partial charge in [-0.05, 0) is 67.8 Å². The molecule has 1 saturated heterocycles. The van der Waals surface area contributed by atoms with Gasteiger partial charge in [-0.25, -0.2) is 0 Å². The summed E-state index contributed by atoms with van der Waals surface area (Å²) >= 11 is 0. The van der Waals surface area contributed by atoms with Gasteiger partial charge in [0.25, 0.3) is 11.8 Å². The predicted molar refractivity (Wildman–Crippen MR) is 131 cm³/mol. The van der Waals surface area contributed by atoms with E-state index in [2.05, 4.69) is 15.5 Å². The molecule has 0 spiro atoms. The number of rotatable bonds is 7. The third kappa shape index (κ3) is 5.34. The fraction of sp³-hybridized carbons (Fsp3) is 0.259. The van der Waals surface area contributed by atoms with Crippen molar-refractivity contribution in [3.05, 3.63) is 89.5 Å². The lowest BCUT2D eigenvalue weighted by Gasteiger charge is -2.23. The highest BCUT2D eigenvalue weighted by molar-refractivity contribution is 6.06. The molecule has 6 nitrogen and oxygen atoms in total. The maximum atomic E-state index is 13.3. The normalized spacial score (nSPS) is 13.9. The van der Waals surface area contributed by atoms with Crippen molar-refractivity contribution in [1.29, 1.82) is 0 Å². The Kier molecular flexibility index (Phi) is 6.93. The fourth-order valence-corrected chi connectivity index (χ4v) is 4.07. The van der Waals surface area contributed by atoms with Gasteiger partial charge in [-0.1, -0.05) is 30.3 Å². The largest absolute Gasteiger partial charge is 0.497 e. The number of benzene rings is 3. The average molecular weight is 444 g/mol. The van der Waals surface area contributed by atoms with E-state index in [9.17, 15) is 9.59 Å². The molecular formula is C27H29N3O3. The Morgan fingerprint density at radius 2 is 1.61 bits per heavy atom. The Hall–Kier alpha value is -3.80. The summed E-state index contributed by atoms with van der Waals surface area (Å²) in [7, 11) is 1.59. The van der Waals surface area contributed by atoms with Crippen LogP contribution >= 0.6 is 0 Å². The maximum absolute atomic E-state index is 13.3. The summed E-state index contributed by atoms with van der Waals surface area (Å²) in [5.41, 5.74) is 3.59. The van der Waals surface area contributed by atoms with E-state index in [0.717, 1.165) is 37.2 Å². The summed E-state index contributed by atoms with van der Waals surface area (Å²) in [5, 5.41) is 6.02. The van der Waals surface area contributed by atoms with E-state index < -0.39 is 0 Å². The van der Waals surface area contributed by atoms with Crippen LogP contribution in [0, 0.1) is 0 Å². The molecule has 0 aromatic heterocycles. The molecule has 1 aliphatic rings. The van der Waals surface area contributed by atoms with E-state index >= 15 is 0 Å². The minimum atomic E-state index is -0.240. The molecule has 33 heavy (non-hydrogen) atoms. The Balaban J connectivity index is 1.57. The first-order valence-corrected chi connectivity index (χ1v) is 11.3. The van der Waals surface area contributed by atoms with Gasteiger partial charge >= 0.3 is 0 Å². The molecular weight excluding hydrogens is 414 g/mol. The topological polar surface area (TPSA) is 70.7 Å². The minimum Gasteiger partial charge on any atom is -0.497 e. The number of ether oxygens (including phenoxy) is 1. The second kappa shape index (κ2) is 10.2. The van der Waals surface area contributed by atoms with Crippen molar-refractivity contribution < 1.29 is 14.3 Å². The molecule has 1 aliphatic heterocycles. The van der Waals surface area contributed by atoms with Crippen LogP contribution in [-0.4, -0.2) is 32.0 Å². The van der Waals surface area contributed by atoms with Crippen molar-refractivity contribution in [3.63, 3.8) is 0 Å². The smallest absolute Gasteiger partial charge is 0.255 e. The molecule has 2 amide bonds. The quantitative estimate of drug-likeness (QED) is 0.537. The molecule has 0 aliphatic carbocycles. The van der Waals surface area contributed by atoms with E-state index in [0.29, 0.717) is 22.6 Å². The van der Waals surface area contributed by atoms with Crippen LogP contribution in [0.15, 0.2) is 72.8 Å². The molecule has 3 aromatic carbocycles. The van der Waals surface area contributed by atoms with Gasteiger partial charge in [0.1, 0.15) is 5.75 Å². The van der Waals surface area contributed by atoms with Crippen molar-refractivity contribution in [2.24, 2.45) is 0 Å². The summed E-state index contributed by atoms with van der Waals surface area (Å²) in [6.45, 7) is 3.82. The number of carbonyl (C=O) groups is 2. The van der Waals surface area contributed by atoms with E-state index in [1.54, 1.807) is 37.4 Å². The number of methoxy groups -OCH3 is 1. The molecule has 170 valence electrons. The average Bonchev–Trinajstić information content (AvgIpc) is 3.39. The number of hydrogen-bond acceptors (Lipinski definition) is 4. The molecule has 1 heterocycles. The summed E-state index contributed by atoms with van der Waals surface area (Å²) < 4.78 is 5.15. The molecule has 1 unspecified atom stereocenters. The summed E-state index contributed by atoms with van der Waals surface area (Å²) in [4.78, 5) is 28.3. The first kappa shape index (κ1) is 22.4. The number of nitrogens with zero attached hydrogens (tertiary/aromatic N) is 1. The second-order valence-corrected chi connectivity index (χ2v) is 8.21. The van der Waals surface area contributed by atoms with Gasteiger partial charge in [-0.2, -0.15) is 0 Å². The highest BCUT2D eigenvalue weighted by Crippen LogP contribution is 2.28. The number of anilines is 2. The van der Waals surface area contributed by atoms with Gasteiger partial charge < -0.3 is 20.3 Å². The van der Waals surface area contributed by atoms with Crippen LogP contribution in [0.2, 0.25) is 0 Å². The lowest BCUT2D eigenvalue weighted by atomic mass is 10.1. The van der Waals surface area contributed by atoms with Crippen LogP contribution in [0.5, 0.6) is 5.75 Å². The predicted octanol–water partition coefficient (Wildman–Crippen LogP) is 5.04. The molecule has 1 atom stereocenters. The van der Waals surface area contributed by atoms with Gasteiger partial charge in [0.05, 0.1) is 18.7 Å². The zero-order valence-corrected chi connectivity index (χ0v) is 19.0. The summed E-state index contributed by atoms with van der Waals surface area (Å²) in [5.74, 6) is 0.289.